The highest BCUT2D eigenvalue weighted by Crippen LogP contribution is 2.33. The maximum atomic E-state index is 13.9. The molecule has 0 N–H and O–H groups in total. The summed E-state index contributed by atoms with van der Waals surface area (Å²) in [5, 5.41) is 9.94. The molecule has 0 spiro atoms. The Hall–Kier alpha value is -1.09. The third-order valence-corrected chi connectivity index (χ3v) is 4.07. The molecule has 18 heavy (non-hydrogen) atoms. The van der Waals surface area contributed by atoms with Crippen molar-refractivity contribution in [2.75, 3.05) is 0 Å². The van der Waals surface area contributed by atoms with Gasteiger partial charge in [-0.05, 0) is 40.2 Å². The molecule has 1 heterocycles. The number of halogens is 3. The van der Waals surface area contributed by atoms with Gasteiger partial charge in [0.05, 0.1) is 20.0 Å². The zero-order valence-electron chi connectivity index (χ0n) is 8.82. The molecule has 2 rings (SSSR count). The molecule has 0 amide bonds. The van der Waals surface area contributed by atoms with Crippen molar-refractivity contribution >= 4 is 39.3 Å². The van der Waals surface area contributed by atoms with Crippen molar-refractivity contribution in [1.29, 1.82) is 5.26 Å². The number of benzene rings is 1. The monoisotopic (exact) mass is 342 g/mol. The lowest BCUT2D eigenvalue weighted by molar-refractivity contribution is 0.594. The van der Waals surface area contributed by atoms with Crippen molar-refractivity contribution in [2.45, 2.75) is 9.92 Å². The van der Waals surface area contributed by atoms with E-state index in [0.29, 0.717) is 14.9 Å². The van der Waals surface area contributed by atoms with Crippen molar-refractivity contribution in [3.8, 4) is 6.07 Å². The summed E-state index contributed by atoms with van der Waals surface area (Å²) in [5.41, 5.74) is 0.265. The molecule has 0 bridgehead atoms. The molecule has 2 aromatic rings. The largest absolute Gasteiger partial charge is 0.248 e. The van der Waals surface area contributed by atoms with E-state index in [-0.39, 0.29) is 10.0 Å². The molecule has 6 heteroatoms. The lowest BCUT2D eigenvalue weighted by Crippen LogP contribution is -1.88. The number of pyridine rings is 1. The van der Waals surface area contributed by atoms with Crippen molar-refractivity contribution in [1.82, 2.24) is 4.98 Å². The Morgan fingerprint density at radius 3 is 2.72 bits per heavy atom. The van der Waals surface area contributed by atoms with Crippen molar-refractivity contribution in [3.63, 3.8) is 0 Å². The lowest BCUT2D eigenvalue weighted by Gasteiger charge is -2.05. The van der Waals surface area contributed by atoms with Crippen LogP contribution in [-0.4, -0.2) is 4.98 Å². The van der Waals surface area contributed by atoms with E-state index in [1.807, 2.05) is 6.07 Å². The molecule has 0 aliphatic rings. The van der Waals surface area contributed by atoms with Gasteiger partial charge in [0.2, 0.25) is 0 Å². The molecule has 1 aromatic carbocycles. The molecule has 0 radical (unpaired) electrons. The Morgan fingerprint density at radius 1 is 1.33 bits per heavy atom. The molecule has 0 aliphatic heterocycles. The molecule has 0 unspecified atom stereocenters. The molecule has 1 aromatic heterocycles. The molecule has 2 nitrogen and oxygen atoms in total. The number of rotatable bonds is 2. The van der Waals surface area contributed by atoms with Crippen molar-refractivity contribution in [2.24, 2.45) is 0 Å². The second-order valence-electron chi connectivity index (χ2n) is 3.27. The van der Waals surface area contributed by atoms with Crippen LogP contribution in [0, 0.1) is 17.1 Å². The maximum Gasteiger partial charge on any atom is 0.152 e. The summed E-state index contributed by atoms with van der Waals surface area (Å²) in [4.78, 5) is 4.47. The second-order valence-corrected chi connectivity index (χ2v) is 5.56. The Morgan fingerprint density at radius 2 is 2.11 bits per heavy atom. The van der Waals surface area contributed by atoms with E-state index in [1.54, 1.807) is 24.3 Å². The van der Waals surface area contributed by atoms with Crippen LogP contribution in [0.2, 0.25) is 5.02 Å². The van der Waals surface area contributed by atoms with Gasteiger partial charge < -0.3 is 0 Å². The smallest absolute Gasteiger partial charge is 0.152 e. The average molecular weight is 344 g/mol. The van der Waals surface area contributed by atoms with Gasteiger partial charge in [0.15, 0.2) is 5.82 Å². The predicted molar refractivity (Wildman–Crippen MR) is 72.2 cm³/mol. The van der Waals surface area contributed by atoms with E-state index in [4.69, 9.17) is 16.9 Å². The number of nitrogens with zero attached hydrogens (tertiary/aromatic N) is 2. The Balaban J connectivity index is 2.33. The summed E-state index contributed by atoms with van der Waals surface area (Å²) in [6.07, 6.45) is 1.50. The van der Waals surface area contributed by atoms with Gasteiger partial charge >= 0.3 is 0 Å². The van der Waals surface area contributed by atoms with E-state index in [1.165, 1.54) is 18.0 Å². The molecular formula is C12H5BrClFN2S. The highest BCUT2D eigenvalue weighted by atomic mass is 79.9. The van der Waals surface area contributed by atoms with Crippen LogP contribution >= 0.6 is 39.3 Å². The Bertz CT molecular complexity index is 625. The standard InChI is InChI=1S/C12H5BrClFN2S/c13-11-7(5-16)1-3-9(12(11)15)18-10-4-2-8(14)6-17-10/h1-4,6H. The molecule has 0 fully saturated rings. The average Bonchev–Trinajstić information content (AvgIpc) is 2.38. The highest BCUT2D eigenvalue weighted by Gasteiger charge is 2.12. The van der Waals surface area contributed by atoms with Gasteiger partial charge in [-0.25, -0.2) is 9.37 Å². The van der Waals surface area contributed by atoms with E-state index in [9.17, 15) is 4.39 Å². The fraction of sp³-hybridized carbons (Fsp3) is 0. The number of hydrogen-bond donors (Lipinski definition) is 0. The van der Waals surface area contributed by atoms with Gasteiger partial charge in [-0.3, -0.25) is 0 Å². The second kappa shape index (κ2) is 5.70. The first-order valence-corrected chi connectivity index (χ1v) is 6.78. The maximum absolute atomic E-state index is 13.9. The molecule has 0 saturated carbocycles. The van der Waals surface area contributed by atoms with E-state index in [2.05, 4.69) is 20.9 Å². The molecule has 0 atom stereocenters. The summed E-state index contributed by atoms with van der Waals surface area (Å²) in [6, 6.07) is 8.42. The fourth-order valence-electron chi connectivity index (χ4n) is 1.23. The summed E-state index contributed by atoms with van der Waals surface area (Å²) in [7, 11) is 0. The van der Waals surface area contributed by atoms with Gasteiger partial charge in [0.1, 0.15) is 11.1 Å². The van der Waals surface area contributed by atoms with Crippen LogP contribution < -0.4 is 0 Å². The summed E-state index contributed by atoms with van der Waals surface area (Å²) in [6.45, 7) is 0. The number of nitriles is 1. The van der Waals surface area contributed by atoms with Gasteiger partial charge in [-0.15, -0.1) is 0 Å². The minimum atomic E-state index is -0.462. The van der Waals surface area contributed by atoms with Crippen LogP contribution in [0.25, 0.3) is 0 Å². The fourth-order valence-corrected chi connectivity index (χ4v) is 2.70. The van der Waals surface area contributed by atoms with Crippen molar-refractivity contribution in [3.05, 3.63) is 51.3 Å². The van der Waals surface area contributed by atoms with E-state index >= 15 is 0 Å². The number of hydrogen-bond acceptors (Lipinski definition) is 3. The van der Waals surface area contributed by atoms with Crippen LogP contribution in [0.3, 0.4) is 0 Å². The lowest BCUT2D eigenvalue weighted by atomic mass is 10.2. The molecule has 0 saturated heterocycles. The van der Waals surface area contributed by atoms with Crippen LogP contribution in [-0.2, 0) is 0 Å². The summed E-state index contributed by atoms with van der Waals surface area (Å²) < 4.78 is 14.1. The quantitative estimate of drug-likeness (QED) is 0.796. The van der Waals surface area contributed by atoms with Gasteiger partial charge in [0.25, 0.3) is 0 Å². The first-order chi connectivity index (χ1) is 8.61. The van der Waals surface area contributed by atoms with Gasteiger partial charge in [0, 0.05) is 6.20 Å². The first-order valence-electron chi connectivity index (χ1n) is 4.79. The zero-order valence-corrected chi connectivity index (χ0v) is 12.0. The molecular weight excluding hydrogens is 339 g/mol. The first kappa shape index (κ1) is 13.3. The third-order valence-electron chi connectivity index (χ3n) is 2.08. The summed E-state index contributed by atoms with van der Waals surface area (Å²) >= 11 is 9.96. The summed E-state index contributed by atoms with van der Waals surface area (Å²) in [5.74, 6) is -0.462. The van der Waals surface area contributed by atoms with Gasteiger partial charge in [-0.2, -0.15) is 5.26 Å². The predicted octanol–water partition coefficient (Wildman–Crippen LogP) is 4.66. The number of aromatic nitrogens is 1. The molecule has 0 aliphatic carbocycles. The highest BCUT2D eigenvalue weighted by molar-refractivity contribution is 9.10. The third kappa shape index (κ3) is 2.83. The van der Waals surface area contributed by atoms with Crippen LogP contribution in [0.1, 0.15) is 5.56 Å². The van der Waals surface area contributed by atoms with E-state index < -0.39 is 5.82 Å². The van der Waals surface area contributed by atoms with Crippen LogP contribution in [0.15, 0.2) is 44.9 Å². The Kier molecular flexibility index (Phi) is 4.23. The van der Waals surface area contributed by atoms with Crippen LogP contribution in [0.4, 0.5) is 4.39 Å². The SMILES string of the molecule is N#Cc1ccc(Sc2ccc(Cl)cn2)c(F)c1Br. The van der Waals surface area contributed by atoms with E-state index in [0.717, 1.165) is 0 Å². The normalized spacial score (nSPS) is 10.1. The molecule has 90 valence electrons. The minimum Gasteiger partial charge on any atom is -0.248 e. The van der Waals surface area contributed by atoms with Crippen LogP contribution in [0.5, 0.6) is 0 Å². The Labute approximate surface area is 121 Å². The van der Waals surface area contributed by atoms with Crippen molar-refractivity contribution < 1.29 is 4.39 Å². The topological polar surface area (TPSA) is 36.7 Å². The van der Waals surface area contributed by atoms with Gasteiger partial charge in [-0.1, -0.05) is 23.4 Å². The minimum absolute atomic E-state index is 0.170. The zero-order chi connectivity index (χ0) is 13.1.